The van der Waals surface area contributed by atoms with E-state index in [1.54, 1.807) is 29.3 Å². The summed E-state index contributed by atoms with van der Waals surface area (Å²) < 4.78 is 43.0. The van der Waals surface area contributed by atoms with Crippen molar-refractivity contribution >= 4 is 45.9 Å². The number of nitrogens with zero attached hydrogens (tertiary/aromatic N) is 7. The number of imide groups is 1. The number of amides is 4. The van der Waals surface area contributed by atoms with Crippen LogP contribution in [0.25, 0.3) is 16.6 Å². The van der Waals surface area contributed by atoms with Crippen LogP contribution in [0.1, 0.15) is 65.8 Å². The van der Waals surface area contributed by atoms with E-state index in [0.717, 1.165) is 74.0 Å². The summed E-state index contributed by atoms with van der Waals surface area (Å²) in [5, 5.41) is 10.6. The number of halogens is 3. The van der Waals surface area contributed by atoms with Gasteiger partial charge in [-0.05, 0) is 92.6 Å². The Balaban J connectivity index is 0.843. The Hall–Kier alpha value is -5.31. The maximum absolute atomic E-state index is 13.0. The highest BCUT2D eigenvalue weighted by molar-refractivity contribution is 6.05. The van der Waals surface area contributed by atoms with Crippen molar-refractivity contribution in [3.8, 4) is 0 Å². The van der Waals surface area contributed by atoms with E-state index in [9.17, 15) is 27.6 Å². The molecule has 0 bridgehead atoms. The quantitative estimate of drug-likeness (QED) is 0.227. The normalized spacial score (nSPS) is 20.7. The van der Waals surface area contributed by atoms with Crippen LogP contribution in [0.3, 0.4) is 0 Å². The van der Waals surface area contributed by atoms with Gasteiger partial charge in [0.25, 0.3) is 5.91 Å². The van der Waals surface area contributed by atoms with Gasteiger partial charge < -0.3 is 10.2 Å². The lowest BCUT2D eigenvalue weighted by Crippen LogP contribution is -2.50. The number of rotatable bonds is 7. The number of hydrogen-bond acceptors (Lipinski definition) is 7. The van der Waals surface area contributed by atoms with Crippen molar-refractivity contribution in [2.75, 3.05) is 36.4 Å². The van der Waals surface area contributed by atoms with Gasteiger partial charge in [0.1, 0.15) is 22.9 Å². The molecule has 3 fully saturated rings. The number of alkyl halides is 3. The van der Waals surface area contributed by atoms with Crippen molar-refractivity contribution in [2.45, 2.75) is 50.2 Å². The molecule has 2 saturated heterocycles. The van der Waals surface area contributed by atoms with Crippen LogP contribution in [0, 0.1) is 5.92 Å². The van der Waals surface area contributed by atoms with Gasteiger partial charge in [0.15, 0.2) is 0 Å². The zero-order chi connectivity index (χ0) is 34.6. The predicted octanol–water partition coefficient (Wildman–Crippen LogP) is 5.63. The highest BCUT2D eigenvalue weighted by Gasteiger charge is 2.35. The third-order valence-corrected chi connectivity index (χ3v) is 10.1. The highest BCUT2D eigenvalue weighted by atomic mass is 19.4. The Bertz CT molecular complexity index is 2110. The number of imidazole rings is 1. The molecule has 0 atom stereocenters. The Morgan fingerprint density at radius 3 is 2.62 bits per heavy atom. The number of carbonyl (C=O) groups excluding carboxylic acids is 3. The zero-order valence-corrected chi connectivity index (χ0v) is 26.9. The number of piperidine rings is 1. The molecular weight excluding hydrogens is 651 g/mol. The Labute approximate surface area is 284 Å². The van der Waals surface area contributed by atoms with E-state index in [4.69, 9.17) is 5.10 Å². The first-order valence-corrected chi connectivity index (χ1v) is 16.7. The molecule has 258 valence electrons. The molecular formula is C35H34F3N9O3. The van der Waals surface area contributed by atoms with Crippen LogP contribution < -0.4 is 15.5 Å². The second-order valence-corrected chi connectivity index (χ2v) is 13.3. The molecule has 4 aromatic heterocycles. The van der Waals surface area contributed by atoms with Gasteiger partial charge in [0.05, 0.1) is 17.8 Å². The summed E-state index contributed by atoms with van der Waals surface area (Å²) in [6.45, 7) is 3.35. The summed E-state index contributed by atoms with van der Waals surface area (Å²) in [4.78, 5) is 48.9. The van der Waals surface area contributed by atoms with Gasteiger partial charge in [-0.1, -0.05) is 12.1 Å². The maximum atomic E-state index is 13.0. The SMILES string of the molecule is O=C1CCN(c2cnc3c(C4CCN(C[C@H]5C[C@H](n6cc7cc(NC(=O)c8cccc(C(F)(F)F)n8)ccc7n6)C5)CC4)cccn23)C(=O)N1. The minimum absolute atomic E-state index is 0.259. The van der Waals surface area contributed by atoms with Crippen LogP contribution in [-0.4, -0.2) is 73.1 Å². The number of carbonyl (C=O) groups is 3. The van der Waals surface area contributed by atoms with Crippen molar-refractivity contribution in [2.24, 2.45) is 5.92 Å². The van der Waals surface area contributed by atoms with Gasteiger partial charge in [-0.3, -0.25) is 28.9 Å². The van der Waals surface area contributed by atoms with Crippen molar-refractivity contribution < 1.29 is 27.6 Å². The van der Waals surface area contributed by atoms with Crippen LogP contribution >= 0.6 is 0 Å². The second-order valence-electron chi connectivity index (χ2n) is 13.3. The van der Waals surface area contributed by atoms with Crippen molar-refractivity contribution in [1.29, 1.82) is 0 Å². The number of aromatic nitrogens is 5. The van der Waals surface area contributed by atoms with Gasteiger partial charge in [-0.2, -0.15) is 18.3 Å². The zero-order valence-electron chi connectivity index (χ0n) is 26.9. The summed E-state index contributed by atoms with van der Waals surface area (Å²) in [5.41, 5.74) is 1.83. The molecule has 0 unspecified atom stereocenters. The molecule has 0 radical (unpaired) electrons. The van der Waals surface area contributed by atoms with Gasteiger partial charge >= 0.3 is 12.2 Å². The number of nitrogens with one attached hydrogen (secondary N) is 2. The molecule has 2 N–H and O–H groups in total. The Morgan fingerprint density at radius 1 is 1.02 bits per heavy atom. The van der Waals surface area contributed by atoms with E-state index in [2.05, 4.69) is 31.6 Å². The number of urea groups is 1. The summed E-state index contributed by atoms with van der Waals surface area (Å²) in [6, 6.07) is 12.5. The van der Waals surface area contributed by atoms with Crippen molar-refractivity contribution in [1.82, 2.24) is 34.4 Å². The van der Waals surface area contributed by atoms with Crippen LogP contribution in [0.4, 0.5) is 29.5 Å². The fraction of sp³-hybridized carbons (Fsp3) is 0.371. The first-order valence-electron chi connectivity index (χ1n) is 16.7. The van der Waals surface area contributed by atoms with Crippen LogP contribution in [-0.2, 0) is 11.0 Å². The lowest BCUT2D eigenvalue weighted by atomic mass is 9.79. The van der Waals surface area contributed by atoms with Crippen molar-refractivity contribution in [3.05, 3.63) is 84.1 Å². The minimum Gasteiger partial charge on any atom is -0.321 e. The minimum atomic E-state index is -4.63. The first kappa shape index (κ1) is 31.9. The molecule has 8 rings (SSSR count). The fourth-order valence-corrected chi connectivity index (χ4v) is 7.40. The van der Waals surface area contributed by atoms with Gasteiger partial charge in [0, 0.05) is 43.0 Å². The molecule has 5 aromatic rings. The molecule has 0 spiro atoms. The molecule has 50 heavy (non-hydrogen) atoms. The van der Waals surface area contributed by atoms with E-state index >= 15 is 0 Å². The first-order chi connectivity index (χ1) is 24.1. The molecule has 1 aromatic carbocycles. The van der Waals surface area contributed by atoms with E-state index in [1.165, 1.54) is 11.6 Å². The number of anilines is 2. The fourth-order valence-electron chi connectivity index (χ4n) is 7.40. The standard InChI is InChI=1S/C35H34F3N9O3/c36-35(37,38)29-5-1-4-28(41-29)33(49)40-24-6-7-27-23(17-24)20-47(43-27)25-15-21(16-25)19-44-12-8-22(9-13-44)26-3-2-11-45-31(18-39-32(26)45)46-14-10-30(48)42-34(46)50/h1-7,11,17-18,20-22,25H,8-10,12-16,19H2,(H,40,49)(H,42,48,50)/t21-,25-. The summed E-state index contributed by atoms with van der Waals surface area (Å²) >= 11 is 0. The molecule has 1 saturated carbocycles. The Morgan fingerprint density at radius 2 is 1.84 bits per heavy atom. The molecule has 4 amide bonds. The smallest absolute Gasteiger partial charge is 0.321 e. The van der Waals surface area contributed by atoms with Crippen LogP contribution in [0.15, 0.2) is 67.1 Å². The lowest BCUT2D eigenvalue weighted by Gasteiger charge is -2.40. The maximum Gasteiger partial charge on any atom is 0.433 e. The molecule has 2 aliphatic heterocycles. The number of likely N-dealkylation sites (tertiary alicyclic amines) is 1. The molecule has 15 heteroatoms. The average molecular weight is 686 g/mol. The second kappa shape index (κ2) is 12.5. The average Bonchev–Trinajstić information content (AvgIpc) is 3.70. The van der Waals surface area contributed by atoms with Crippen molar-refractivity contribution in [3.63, 3.8) is 0 Å². The lowest BCUT2D eigenvalue weighted by molar-refractivity contribution is -0.141. The Kier molecular flexibility index (Phi) is 8.01. The number of benzene rings is 1. The van der Waals surface area contributed by atoms with E-state index in [-0.39, 0.29) is 24.1 Å². The number of hydrogen-bond donors (Lipinski definition) is 2. The summed E-state index contributed by atoms with van der Waals surface area (Å²) in [6.07, 6.45) is 5.27. The molecule has 1 aliphatic carbocycles. The predicted molar refractivity (Wildman–Crippen MR) is 178 cm³/mol. The number of pyridine rings is 2. The molecule has 3 aliphatic rings. The third-order valence-electron chi connectivity index (χ3n) is 10.1. The van der Waals surface area contributed by atoms with Crippen LogP contribution in [0.2, 0.25) is 0 Å². The number of fused-ring (bicyclic) bond motifs is 2. The van der Waals surface area contributed by atoms with E-state index in [1.807, 2.05) is 27.5 Å². The topological polar surface area (TPSA) is 130 Å². The van der Waals surface area contributed by atoms with E-state index < -0.39 is 23.8 Å². The van der Waals surface area contributed by atoms with E-state index in [0.29, 0.717) is 29.9 Å². The highest BCUT2D eigenvalue weighted by Crippen LogP contribution is 2.40. The molecule has 12 nitrogen and oxygen atoms in total. The van der Waals surface area contributed by atoms with Gasteiger partial charge in [0.2, 0.25) is 5.91 Å². The summed E-state index contributed by atoms with van der Waals surface area (Å²) in [5.74, 6) is 0.611. The largest absolute Gasteiger partial charge is 0.433 e. The van der Waals surface area contributed by atoms with Crippen LogP contribution in [0.5, 0.6) is 0 Å². The monoisotopic (exact) mass is 685 g/mol. The third kappa shape index (κ3) is 6.17. The van der Waals surface area contributed by atoms with Gasteiger partial charge in [-0.25, -0.2) is 14.8 Å². The molecule has 6 heterocycles. The summed E-state index contributed by atoms with van der Waals surface area (Å²) in [7, 11) is 0. The van der Waals surface area contributed by atoms with Gasteiger partial charge in [-0.15, -0.1) is 0 Å².